The van der Waals surface area contributed by atoms with Crippen molar-refractivity contribution in [2.24, 2.45) is 0 Å². The molecule has 0 fully saturated rings. The molecular weight excluding hydrogens is 264 g/mol. The van der Waals surface area contributed by atoms with E-state index in [0.29, 0.717) is 16.9 Å². The van der Waals surface area contributed by atoms with Crippen LogP contribution in [0.5, 0.6) is 0 Å². The van der Waals surface area contributed by atoms with E-state index in [1.54, 1.807) is 30.3 Å². The van der Waals surface area contributed by atoms with Gasteiger partial charge in [-0.15, -0.1) is 0 Å². The maximum absolute atomic E-state index is 11.9. The van der Waals surface area contributed by atoms with Crippen LogP contribution in [0.3, 0.4) is 0 Å². The lowest BCUT2D eigenvalue weighted by Crippen LogP contribution is -2.31. The van der Waals surface area contributed by atoms with Crippen molar-refractivity contribution in [3.63, 3.8) is 0 Å². The van der Waals surface area contributed by atoms with Crippen molar-refractivity contribution in [3.8, 4) is 6.07 Å². The van der Waals surface area contributed by atoms with Crippen molar-refractivity contribution in [2.45, 2.75) is 13.0 Å². The third-order valence-corrected chi connectivity index (χ3v) is 3.03. The summed E-state index contributed by atoms with van der Waals surface area (Å²) in [6, 6.07) is 15.6. The number of nitrogens with two attached hydrogens (primary N) is 1. The minimum atomic E-state index is -0.311. The Kier molecular flexibility index (Phi) is 4.42. The molecule has 0 saturated heterocycles. The normalized spacial score (nSPS) is 11.2. The lowest BCUT2D eigenvalue weighted by molar-refractivity contribution is 0.249. The molecule has 0 heterocycles. The van der Waals surface area contributed by atoms with Crippen LogP contribution in [0, 0.1) is 11.3 Å². The van der Waals surface area contributed by atoms with Gasteiger partial charge in [-0.05, 0) is 48.9 Å². The zero-order valence-electron chi connectivity index (χ0n) is 11.6. The van der Waals surface area contributed by atoms with E-state index >= 15 is 0 Å². The highest BCUT2D eigenvalue weighted by Gasteiger charge is 2.09. The third-order valence-electron chi connectivity index (χ3n) is 3.03. The number of nitriles is 1. The van der Waals surface area contributed by atoms with E-state index in [0.717, 1.165) is 5.56 Å². The number of hydrogen-bond acceptors (Lipinski definition) is 3. The molecule has 0 aromatic heterocycles. The van der Waals surface area contributed by atoms with Gasteiger partial charge in [0.25, 0.3) is 0 Å². The highest BCUT2D eigenvalue weighted by molar-refractivity contribution is 5.89. The highest BCUT2D eigenvalue weighted by Crippen LogP contribution is 2.15. The molecule has 0 aliphatic rings. The predicted molar refractivity (Wildman–Crippen MR) is 82.6 cm³/mol. The van der Waals surface area contributed by atoms with Crippen molar-refractivity contribution in [1.82, 2.24) is 5.32 Å². The van der Waals surface area contributed by atoms with Crippen molar-refractivity contribution in [1.29, 1.82) is 5.26 Å². The number of nitrogen functional groups attached to an aromatic ring is 1. The molecule has 5 heteroatoms. The van der Waals surface area contributed by atoms with Gasteiger partial charge in [-0.1, -0.05) is 12.1 Å². The number of amides is 2. The summed E-state index contributed by atoms with van der Waals surface area (Å²) in [6.07, 6.45) is 0. The Labute approximate surface area is 123 Å². The van der Waals surface area contributed by atoms with Crippen LogP contribution in [0.25, 0.3) is 0 Å². The third kappa shape index (κ3) is 3.98. The Morgan fingerprint density at radius 2 is 1.95 bits per heavy atom. The molecule has 2 amide bonds. The topological polar surface area (TPSA) is 90.9 Å². The quantitative estimate of drug-likeness (QED) is 0.755. The minimum absolute atomic E-state index is 0.160. The van der Waals surface area contributed by atoms with Gasteiger partial charge in [-0.3, -0.25) is 0 Å². The summed E-state index contributed by atoms with van der Waals surface area (Å²) in [4.78, 5) is 11.9. The van der Waals surface area contributed by atoms with E-state index in [-0.39, 0.29) is 12.1 Å². The Bertz CT molecular complexity index is 673. The van der Waals surface area contributed by atoms with E-state index in [9.17, 15) is 4.79 Å². The standard InChI is InChI=1S/C16H16N4O/c1-11(13-3-2-4-14(18)9-13)19-16(21)20-15-7-5-12(10-17)6-8-15/h2-9,11H,18H2,1H3,(H2,19,20,21). The smallest absolute Gasteiger partial charge is 0.319 e. The number of anilines is 2. The first-order valence-corrected chi connectivity index (χ1v) is 6.51. The van der Waals surface area contributed by atoms with Crippen LogP contribution in [0.2, 0.25) is 0 Å². The van der Waals surface area contributed by atoms with Gasteiger partial charge in [0.2, 0.25) is 0 Å². The van der Waals surface area contributed by atoms with Crippen molar-refractivity contribution in [3.05, 3.63) is 59.7 Å². The molecule has 2 rings (SSSR count). The number of urea groups is 1. The average Bonchev–Trinajstić information content (AvgIpc) is 2.48. The molecule has 0 aliphatic heterocycles. The maximum Gasteiger partial charge on any atom is 0.319 e. The summed E-state index contributed by atoms with van der Waals surface area (Å²) in [7, 11) is 0. The molecule has 1 unspecified atom stereocenters. The Morgan fingerprint density at radius 3 is 2.57 bits per heavy atom. The zero-order chi connectivity index (χ0) is 15.2. The van der Waals surface area contributed by atoms with Crippen molar-refractivity contribution >= 4 is 17.4 Å². The molecule has 0 aliphatic carbocycles. The molecule has 5 nitrogen and oxygen atoms in total. The molecule has 21 heavy (non-hydrogen) atoms. The number of rotatable bonds is 3. The summed E-state index contributed by atoms with van der Waals surface area (Å²) in [5.41, 5.74) is 8.50. The average molecular weight is 280 g/mol. The SMILES string of the molecule is CC(NC(=O)Nc1ccc(C#N)cc1)c1cccc(N)c1. The van der Waals surface area contributed by atoms with E-state index in [2.05, 4.69) is 10.6 Å². The van der Waals surface area contributed by atoms with Crippen LogP contribution in [-0.2, 0) is 0 Å². The second-order valence-electron chi connectivity index (χ2n) is 4.68. The summed E-state index contributed by atoms with van der Waals surface area (Å²) in [6.45, 7) is 1.88. The van der Waals surface area contributed by atoms with Gasteiger partial charge >= 0.3 is 6.03 Å². The fraction of sp³-hybridized carbons (Fsp3) is 0.125. The molecule has 0 bridgehead atoms. The Balaban J connectivity index is 1.96. The lowest BCUT2D eigenvalue weighted by atomic mass is 10.1. The van der Waals surface area contributed by atoms with E-state index in [1.807, 2.05) is 31.2 Å². The zero-order valence-corrected chi connectivity index (χ0v) is 11.6. The molecule has 0 saturated carbocycles. The van der Waals surface area contributed by atoms with Crippen LogP contribution in [-0.4, -0.2) is 6.03 Å². The van der Waals surface area contributed by atoms with Crippen LogP contribution in [0.1, 0.15) is 24.1 Å². The second kappa shape index (κ2) is 6.44. The number of nitrogens with zero attached hydrogens (tertiary/aromatic N) is 1. The summed E-state index contributed by atoms with van der Waals surface area (Å²) < 4.78 is 0. The number of carbonyl (C=O) groups excluding carboxylic acids is 1. The van der Waals surface area contributed by atoms with Crippen molar-refractivity contribution < 1.29 is 4.79 Å². The molecule has 0 radical (unpaired) electrons. The monoisotopic (exact) mass is 280 g/mol. The van der Waals surface area contributed by atoms with Gasteiger partial charge in [0.1, 0.15) is 0 Å². The van der Waals surface area contributed by atoms with Crippen LogP contribution < -0.4 is 16.4 Å². The van der Waals surface area contributed by atoms with Crippen LogP contribution in [0.15, 0.2) is 48.5 Å². The predicted octanol–water partition coefficient (Wildman–Crippen LogP) is 3.02. The first kappa shape index (κ1) is 14.4. The first-order valence-electron chi connectivity index (χ1n) is 6.51. The maximum atomic E-state index is 11.9. The largest absolute Gasteiger partial charge is 0.399 e. The molecular formula is C16H16N4O. The number of hydrogen-bond donors (Lipinski definition) is 3. The number of carbonyl (C=O) groups is 1. The van der Waals surface area contributed by atoms with Crippen LogP contribution >= 0.6 is 0 Å². The minimum Gasteiger partial charge on any atom is -0.399 e. The molecule has 1 atom stereocenters. The van der Waals surface area contributed by atoms with Gasteiger partial charge in [0.05, 0.1) is 17.7 Å². The fourth-order valence-electron chi connectivity index (χ4n) is 1.90. The summed E-state index contributed by atoms with van der Waals surface area (Å²) >= 11 is 0. The molecule has 2 aromatic carbocycles. The fourth-order valence-corrected chi connectivity index (χ4v) is 1.90. The molecule has 106 valence electrons. The van der Waals surface area contributed by atoms with Crippen molar-refractivity contribution in [2.75, 3.05) is 11.1 Å². The number of benzene rings is 2. The van der Waals surface area contributed by atoms with Gasteiger partial charge in [0, 0.05) is 11.4 Å². The summed E-state index contributed by atoms with van der Waals surface area (Å²) in [5.74, 6) is 0. The van der Waals surface area contributed by atoms with Gasteiger partial charge < -0.3 is 16.4 Å². The highest BCUT2D eigenvalue weighted by atomic mass is 16.2. The summed E-state index contributed by atoms with van der Waals surface area (Å²) in [5, 5.41) is 14.3. The molecule has 0 spiro atoms. The number of nitrogens with one attached hydrogen (secondary N) is 2. The van der Waals surface area contributed by atoms with E-state index in [4.69, 9.17) is 11.0 Å². The van der Waals surface area contributed by atoms with Crippen LogP contribution in [0.4, 0.5) is 16.2 Å². The first-order chi connectivity index (χ1) is 10.1. The Hall–Kier alpha value is -3.00. The van der Waals surface area contributed by atoms with Gasteiger partial charge in [-0.25, -0.2) is 4.79 Å². The Morgan fingerprint density at radius 1 is 1.24 bits per heavy atom. The van der Waals surface area contributed by atoms with E-state index < -0.39 is 0 Å². The second-order valence-corrected chi connectivity index (χ2v) is 4.68. The van der Waals surface area contributed by atoms with Gasteiger partial charge in [-0.2, -0.15) is 5.26 Å². The van der Waals surface area contributed by atoms with E-state index in [1.165, 1.54) is 0 Å². The molecule has 2 aromatic rings. The van der Waals surface area contributed by atoms with Gasteiger partial charge in [0.15, 0.2) is 0 Å². The lowest BCUT2D eigenvalue weighted by Gasteiger charge is -2.15. The molecule has 4 N–H and O–H groups in total.